The van der Waals surface area contributed by atoms with Crippen LogP contribution in [-0.4, -0.2) is 40.2 Å². The number of benzene rings is 1. The molecule has 0 aromatic heterocycles. The average molecular weight is 297 g/mol. The van der Waals surface area contributed by atoms with E-state index in [0.717, 1.165) is 13.0 Å². The fraction of sp³-hybridized carbons (Fsp3) is 0.600. The topological polar surface area (TPSA) is 32.3 Å². The predicted molar refractivity (Wildman–Crippen MR) is 87.5 cm³/mol. The molecule has 2 rings (SSSR count). The first-order valence-corrected chi connectivity index (χ1v) is 9.20. The van der Waals surface area contributed by atoms with Crippen molar-refractivity contribution in [3.05, 3.63) is 29.8 Å². The van der Waals surface area contributed by atoms with E-state index >= 15 is 0 Å². The van der Waals surface area contributed by atoms with E-state index in [1.807, 2.05) is 12.1 Å². The molecule has 0 bridgehead atoms. The molecular weight excluding hydrogens is 274 g/mol. The van der Waals surface area contributed by atoms with E-state index in [1.54, 1.807) is 12.1 Å². The molecule has 4 heteroatoms. The summed E-state index contributed by atoms with van der Waals surface area (Å²) in [4.78, 5) is 0. The molecule has 0 spiro atoms. The van der Waals surface area contributed by atoms with Gasteiger partial charge in [-0.15, -0.1) is 0 Å². The molecule has 0 amide bonds. The monoisotopic (exact) mass is 297 g/mol. The van der Waals surface area contributed by atoms with Gasteiger partial charge in [0.1, 0.15) is 5.75 Å². The van der Waals surface area contributed by atoms with Crippen molar-refractivity contribution in [2.24, 2.45) is 0 Å². The summed E-state index contributed by atoms with van der Waals surface area (Å²) < 4.78 is 0. The molecule has 1 aromatic carbocycles. The Morgan fingerprint density at radius 3 is 2.74 bits per heavy atom. The second kappa shape index (κ2) is 8.08. The summed E-state index contributed by atoms with van der Waals surface area (Å²) in [5.74, 6) is 4.17. The Balaban J connectivity index is 1.97. The summed E-state index contributed by atoms with van der Waals surface area (Å²) in [6, 6.07) is 8.19. The van der Waals surface area contributed by atoms with Crippen LogP contribution in [0.5, 0.6) is 5.75 Å². The Morgan fingerprint density at radius 1 is 1.32 bits per heavy atom. The van der Waals surface area contributed by atoms with Gasteiger partial charge in [0, 0.05) is 28.6 Å². The van der Waals surface area contributed by atoms with Crippen LogP contribution in [0.25, 0.3) is 0 Å². The second-order valence-electron chi connectivity index (χ2n) is 4.92. The van der Waals surface area contributed by atoms with Crippen LogP contribution in [0.2, 0.25) is 0 Å². The molecule has 1 aliphatic rings. The van der Waals surface area contributed by atoms with Gasteiger partial charge in [0.15, 0.2) is 0 Å². The number of aromatic hydroxyl groups is 1. The molecule has 2 unspecified atom stereocenters. The van der Waals surface area contributed by atoms with E-state index < -0.39 is 0 Å². The maximum atomic E-state index is 9.36. The van der Waals surface area contributed by atoms with E-state index in [4.69, 9.17) is 0 Å². The molecule has 1 aromatic rings. The largest absolute Gasteiger partial charge is 0.508 e. The third-order valence-corrected chi connectivity index (χ3v) is 6.26. The molecule has 2 N–H and O–H groups in total. The summed E-state index contributed by atoms with van der Waals surface area (Å²) in [5.41, 5.74) is 1.31. The molecule has 1 fully saturated rings. The van der Waals surface area contributed by atoms with Crippen LogP contribution in [0.1, 0.15) is 18.9 Å². The molecule has 1 saturated heterocycles. The number of phenols is 1. The van der Waals surface area contributed by atoms with Crippen molar-refractivity contribution >= 4 is 23.5 Å². The summed E-state index contributed by atoms with van der Waals surface area (Å²) in [6.07, 6.45) is 2.23. The zero-order valence-corrected chi connectivity index (χ0v) is 13.1. The Bertz CT molecular complexity index is 363. The SMILES string of the molecule is CCCNC(Cc1ccc(O)cc1)C1CSCCS1. The summed E-state index contributed by atoms with van der Waals surface area (Å²) in [6.45, 7) is 3.30. The van der Waals surface area contributed by atoms with Crippen LogP contribution in [0.3, 0.4) is 0 Å². The van der Waals surface area contributed by atoms with Crippen molar-refractivity contribution in [1.29, 1.82) is 0 Å². The van der Waals surface area contributed by atoms with Crippen LogP contribution >= 0.6 is 23.5 Å². The number of phenolic OH excluding ortho intramolecular Hbond substituents is 1. The zero-order chi connectivity index (χ0) is 13.5. The van der Waals surface area contributed by atoms with Crippen LogP contribution in [0, 0.1) is 0 Å². The van der Waals surface area contributed by atoms with Crippen molar-refractivity contribution in [3.8, 4) is 5.75 Å². The smallest absolute Gasteiger partial charge is 0.115 e. The third kappa shape index (κ3) is 4.93. The summed E-state index contributed by atoms with van der Waals surface area (Å²) in [5, 5.41) is 13.8. The van der Waals surface area contributed by atoms with Gasteiger partial charge in [-0.1, -0.05) is 19.1 Å². The van der Waals surface area contributed by atoms with Crippen LogP contribution in [-0.2, 0) is 6.42 Å². The second-order valence-corrected chi connectivity index (χ2v) is 7.41. The van der Waals surface area contributed by atoms with E-state index in [9.17, 15) is 5.11 Å². The molecule has 0 aliphatic carbocycles. The first-order chi connectivity index (χ1) is 9.29. The minimum absolute atomic E-state index is 0.351. The quantitative estimate of drug-likeness (QED) is 0.845. The molecular formula is C15H23NOS2. The van der Waals surface area contributed by atoms with Crippen molar-refractivity contribution in [3.63, 3.8) is 0 Å². The van der Waals surface area contributed by atoms with Gasteiger partial charge in [-0.2, -0.15) is 23.5 Å². The number of rotatable bonds is 6. The van der Waals surface area contributed by atoms with E-state index in [2.05, 4.69) is 35.8 Å². The maximum absolute atomic E-state index is 9.36. The van der Waals surface area contributed by atoms with Gasteiger partial charge >= 0.3 is 0 Å². The van der Waals surface area contributed by atoms with Gasteiger partial charge in [0.05, 0.1) is 0 Å². The van der Waals surface area contributed by atoms with Gasteiger partial charge < -0.3 is 10.4 Å². The van der Waals surface area contributed by atoms with Gasteiger partial charge in [-0.25, -0.2) is 0 Å². The lowest BCUT2D eigenvalue weighted by atomic mass is 10.0. The van der Waals surface area contributed by atoms with E-state index in [1.165, 1.54) is 29.2 Å². The predicted octanol–water partition coefficient (Wildman–Crippen LogP) is 3.15. The van der Waals surface area contributed by atoms with Crippen molar-refractivity contribution in [2.45, 2.75) is 31.1 Å². The molecule has 0 radical (unpaired) electrons. The lowest BCUT2D eigenvalue weighted by Crippen LogP contribution is -2.43. The maximum Gasteiger partial charge on any atom is 0.115 e. The van der Waals surface area contributed by atoms with Crippen LogP contribution in [0.15, 0.2) is 24.3 Å². The van der Waals surface area contributed by atoms with Crippen LogP contribution in [0.4, 0.5) is 0 Å². The lowest BCUT2D eigenvalue weighted by molar-refractivity contribution is 0.474. The molecule has 2 nitrogen and oxygen atoms in total. The molecule has 1 aliphatic heterocycles. The number of hydrogen-bond donors (Lipinski definition) is 2. The highest BCUT2D eigenvalue weighted by Crippen LogP contribution is 2.28. The molecule has 0 saturated carbocycles. The van der Waals surface area contributed by atoms with Gasteiger partial charge in [-0.3, -0.25) is 0 Å². The van der Waals surface area contributed by atoms with Crippen molar-refractivity contribution < 1.29 is 5.11 Å². The van der Waals surface area contributed by atoms with Crippen molar-refractivity contribution in [2.75, 3.05) is 23.8 Å². The minimum Gasteiger partial charge on any atom is -0.508 e. The normalized spacial score (nSPS) is 21.2. The van der Waals surface area contributed by atoms with Gasteiger partial charge in [-0.05, 0) is 37.1 Å². The number of thioether (sulfide) groups is 2. The van der Waals surface area contributed by atoms with E-state index in [0.29, 0.717) is 17.0 Å². The Labute approximate surface area is 124 Å². The molecule has 19 heavy (non-hydrogen) atoms. The fourth-order valence-electron chi connectivity index (χ4n) is 2.29. The van der Waals surface area contributed by atoms with Crippen molar-refractivity contribution in [1.82, 2.24) is 5.32 Å². The first-order valence-electron chi connectivity index (χ1n) is 7.00. The van der Waals surface area contributed by atoms with Gasteiger partial charge in [0.25, 0.3) is 0 Å². The highest BCUT2D eigenvalue weighted by atomic mass is 32.2. The Kier molecular flexibility index (Phi) is 6.41. The Morgan fingerprint density at radius 2 is 2.11 bits per heavy atom. The lowest BCUT2D eigenvalue weighted by Gasteiger charge is -2.30. The third-order valence-electron chi connectivity index (χ3n) is 3.34. The summed E-state index contributed by atoms with van der Waals surface area (Å²) >= 11 is 4.19. The molecule has 1 heterocycles. The fourth-order valence-corrected chi connectivity index (χ4v) is 5.18. The first kappa shape index (κ1) is 15.1. The number of nitrogens with one attached hydrogen (secondary N) is 1. The zero-order valence-electron chi connectivity index (χ0n) is 11.5. The van der Waals surface area contributed by atoms with Gasteiger partial charge in [0.2, 0.25) is 0 Å². The minimum atomic E-state index is 0.351. The average Bonchev–Trinajstić information content (AvgIpc) is 2.46. The molecule has 2 atom stereocenters. The summed E-state index contributed by atoms with van der Waals surface area (Å²) in [7, 11) is 0. The highest BCUT2D eigenvalue weighted by Gasteiger charge is 2.24. The Hall–Kier alpha value is -0.320. The molecule has 106 valence electrons. The highest BCUT2D eigenvalue weighted by molar-refractivity contribution is 8.06. The number of hydrogen-bond acceptors (Lipinski definition) is 4. The van der Waals surface area contributed by atoms with E-state index in [-0.39, 0.29) is 0 Å². The van der Waals surface area contributed by atoms with Crippen LogP contribution < -0.4 is 5.32 Å². The standard InChI is InChI=1S/C15H23NOS2/c1-2-7-16-14(15-11-18-8-9-19-15)10-12-3-5-13(17)6-4-12/h3-6,14-17H,2,7-11H2,1H3.